The summed E-state index contributed by atoms with van der Waals surface area (Å²) >= 11 is 0. The third kappa shape index (κ3) is 3.32. The monoisotopic (exact) mass is 257 g/mol. The fourth-order valence-electron chi connectivity index (χ4n) is 1.94. The second kappa shape index (κ2) is 6.34. The number of hydrogen-bond acceptors (Lipinski definition) is 3. The molecule has 2 N–H and O–H groups in total. The predicted octanol–water partition coefficient (Wildman–Crippen LogP) is 3.18. The summed E-state index contributed by atoms with van der Waals surface area (Å²) in [5.74, 6) is -0.358. The minimum atomic E-state index is -0.707. The quantitative estimate of drug-likeness (QED) is 0.661. The molecular weight excluding hydrogens is 238 g/mol. The molecule has 0 fully saturated rings. The molecule has 1 unspecified atom stereocenters. The van der Waals surface area contributed by atoms with Gasteiger partial charge in [-0.1, -0.05) is 49.7 Å². The normalized spacial score (nSPS) is 12.3. The number of esters is 1. The second-order valence-corrected chi connectivity index (χ2v) is 4.61. The Balaban J connectivity index is 2.12. The molecule has 0 spiro atoms. The molecule has 0 radical (unpaired) electrons. The zero-order valence-corrected chi connectivity index (χ0v) is 11.1. The smallest absolute Gasteiger partial charge is 0.327 e. The first kappa shape index (κ1) is 13.6. The van der Waals surface area contributed by atoms with Crippen molar-refractivity contribution in [2.75, 3.05) is 6.61 Å². The average molecular weight is 257 g/mol. The van der Waals surface area contributed by atoms with E-state index in [1.54, 1.807) is 0 Å². The molecule has 0 aromatic heterocycles. The van der Waals surface area contributed by atoms with Gasteiger partial charge in [-0.05, 0) is 28.8 Å². The minimum absolute atomic E-state index is 0.358. The fraction of sp³-hybridized carbons (Fsp3) is 0.312. The summed E-state index contributed by atoms with van der Waals surface area (Å²) in [6.07, 6.45) is 1.87. The zero-order valence-electron chi connectivity index (χ0n) is 11.1. The Bertz CT molecular complexity index is 565. The van der Waals surface area contributed by atoms with Crippen molar-refractivity contribution < 1.29 is 9.53 Å². The largest absolute Gasteiger partial charge is 0.464 e. The number of hydrogen-bond donors (Lipinski definition) is 1. The van der Waals surface area contributed by atoms with Gasteiger partial charge in [0.1, 0.15) is 6.04 Å². The van der Waals surface area contributed by atoms with Crippen LogP contribution in [0.4, 0.5) is 0 Å². The fourth-order valence-corrected chi connectivity index (χ4v) is 1.94. The van der Waals surface area contributed by atoms with Crippen molar-refractivity contribution in [3.8, 4) is 0 Å². The molecule has 100 valence electrons. The second-order valence-electron chi connectivity index (χ2n) is 4.61. The third-order valence-corrected chi connectivity index (χ3v) is 3.13. The van der Waals surface area contributed by atoms with E-state index < -0.39 is 6.04 Å². The molecule has 2 aromatic carbocycles. The van der Waals surface area contributed by atoms with E-state index in [1.165, 1.54) is 0 Å². The van der Waals surface area contributed by atoms with Crippen molar-refractivity contribution in [1.82, 2.24) is 0 Å². The topological polar surface area (TPSA) is 52.3 Å². The van der Waals surface area contributed by atoms with Gasteiger partial charge in [-0.3, -0.25) is 0 Å². The summed E-state index contributed by atoms with van der Waals surface area (Å²) in [5, 5.41) is 2.22. The van der Waals surface area contributed by atoms with Crippen LogP contribution in [-0.2, 0) is 9.53 Å². The van der Waals surface area contributed by atoms with Gasteiger partial charge in [-0.2, -0.15) is 0 Å². The molecule has 3 nitrogen and oxygen atoms in total. The van der Waals surface area contributed by atoms with Crippen molar-refractivity contribution in [2.24, 2.45) is 5.73 Å². The Hall–Kier alpha value is -1.87. The highest BCUT2D eigenvalue weighted by molar-refractivity contribution is 5.85. The van der Waals surface area contributed by atoms with E-state index in [9.17, 15) is 4.79 Å². The van der Waals surface area contributed by atoms with Crippen LogP contribution in [-0.4, -0.2) is 12.6 Å². The molecule has 0 bridgehead atoms. The van der Waals surface area contributed by atoms with Gasteiger partial charge >= 0.3 is 5.97 Å². The van der Waals surface area contributed by atoms with Crippen LogP contribution >= 0.6 is 0 Å². The Labute approximate surface area is 113 Å². The average Bonchev–Trinajstić information content (AvgIpc) is 2.46. The van der Waals surface area contributed by atoms with Gasteiger partial charge < -0.3 is 10.5 Å². The Morgan fingerprint density at radius 3 is 2.68 bits per heavy atom. The first-order valence-electron chi connectivity index (χ1n) is 6.63. The molecule has 0 heterocycles. The van der Waals surface area contributed by atoms with Gasteiger partial charge in [0.15, 0.2) is 0 Å². The van der Waals surface area contributed by atoms with Gasteiger partial charge in [0, 0.05) is 0 Å². The van der Waals surface area contributed by atoms with Crippen LogP contribution in [0.3, 0.4) is 0 Å². The number of ether oxygens (including phenoxy) is 1. The lowest BCUT2D eigenvalue weighted by Crippen LogP contribution is -2.24. The summed E-state index contributed by atoms with van der Waals surface area (Å²) < 4.78 is 5.15. The summed E-state index contributed by atoms with van der Waals surface area (Å²) in [7, 11) is 0. The number of benzene rings is 2. The van der Waals surface area contributed by atoms with E-state index in [-0.39, 0.29) is 5.97 Å². The number of unbranched alkanes of at least 4 members (excludes halogenated alkanes) is 1. The van der Waals surface area contributed by atoms with Crippen molar-refractivity contribution in [3.05, 3.63) is 48.0 Å². The van der Waals surface area contributed by atoms with Crippen LogP contribution < -0.4 is 5.73 Å². The van der Waals surface area contributed by atoms with Crippen LogP contribution in [0.15, 0.2) is 42.5 Å². The molecule has 19 heavy (non-hydrogen) atoms. The van der Waals surface area contributed by atoms with E-state index in [4.69, 9.17) is 10.5 Å². The van der Waals surface area contributed by atoms with E-state index in [0.717, 1.165) is 29.2 Å². The van der Waals surface area contributed by atoms with Gasteiger partial charge in [0.2, 0.25) is 0 Å². The van der Waals surface area contributed by atoms with E-state index >= 15 is 0 Å². The minimum Gasteiger partial charge on any atom is -0.464 e. The van der Waals surface area contributed by atoms with Crippen LogP contribution in [0.2, 0.25) is 0 Å². The SMILES string of the molecule is CCCCOC(=O)C(N)c1ccc2ccccc2c1. The number of fused-ring (bicyclic) bond motifs is 1. The molecule has 2 rings (SSSR count). The van der Waals surface area contributed by atoms with E-state index in [1.807, 2.05) is 42.5 Å². The van der Waals surface area contributed by atoms with E-state index in [2.05, 4.69) is 6.92 Å². The van der Waals surface area contributed by atoms with Gasteiger partial charge in [-0.15, -0.1) is 0 Å². The number of carbonyl (C=O) groups is 1. The van der Waals surface area contributed by atoms with Crippen molar-refractivity contribution >= 4 is 16.7 Å². The predicted molar refractivity (Wildman–Crippen MR) is 76.7 cm³/mol. The highest BCUT2D eigenvalue weighted by atomic mass is 16.5. The van der Waals surface area contributed by atoms with Crippen molar-refractivity contribution in [1.29, 1.82) is 0 Å². The van der Waals surface area contributed by atoms with Crippen LogP contribution in [0.25, 0.3) is 10.8 Å². The molecule has 0 aliphatic carbocycles. The number of nitrogens with two attached hydrogens (primary N) is 1. The summed E-state index contributed by atoms with van der Waals surface area (Å²) in [6, 6.07) is 13.1. The Morgan fingerprint density at radius 1 is 1.21 bits per heavy atom. The Kier molecular flexibility index (Phi) is 4.53. The lowest BCUT2D eigenvalue weighted by atomic mass is 10.0. The van der Waals surface area contributed by atoms with Gasteiger partial charge in [0.05, 0.1) is 6.61 Å². The van der Waals surface area contributed by atoms with Gasteiger partial charge in [0.25, 0.3) is 0 Å². The van der Waals surface area contributed by atoms with Crippen molar-refractivity contribution in [3.63, 3.8) is 0 Å². The van der Waals surface area contributed by atoms with Crippen LogP contribution in [0, 0.1) is 0 Å². The third-order valence-electron chi connectivity index (χ3n) is 3.13. The molecule has 0 aliphatic heterocycles. The van der Waals surface area contributed by atoms with Crippen molar-refractivity contribution in [2.45, 2.75) is 25.8 Å². The lowest BCUT2D eigenvalue weighted by Gasteiger charge is -2.12. The molecule has 2 aromatic rings. The summed E-state index contributed by atoms with van der Waals surface area (Å²) in [4.78, 5) is 11.8. The first-order valence-corrected chi connectivity index (χ1v) is 6.63. The molecule has 3 heteroatoms. The maximum absolute atomic E-state index is 11.8. The number of rotatable bonds is 5. The number of carbonyl (C=O) groups excluding carboxylic acids is 1. The maximum Gasteiger partial charge on any atom is 0.327 e. The molecular formula is C16H19NO2. The van der Waals surface area contributed by atoms with E-state index in [0.29, 0.717) is 6.61 Å². The molecule has 0 saturated carbocycles. The first-order chi connectivity index (χ1) is 9.22. The highest BCUT2D eigenvalue weighted by Crippen LogP contribution is 2.20. The summed E-state index contributed by atoms with van der Waals surface area (Å²) in [6.45, 7) is 2.49. The lowest BCUT2D eigenvalue weighted by molar-refractivity contribution is -0.145. The summed E-state index contributed by atoms with van der Waals surface area (Å²) in [5.41, 5.74) is 6.73. The zero-order chi connectivity index (χ0) is 13.7. The van der Waals surface area contributed by atoms with Crippen LogP contribution in [0.1, 0.15) is 31.4 Å². The molecule has 0 amide bonds. The standard InChI is InChI=1S/C16H19NO2/c1-2-3-10-19-16(18)15(17)14-9-8-12-6-4-5-7-13(12)11-14/h4-9,11,15H,2-3,10,17H2,1H3. The molecule has 1 atom stereocenters. The van der Waals surface area contributed by atoms with Gasteiger partial charge in [-0.25, -0.2) is 4.79 Å². The highest BCUT2D eigenvalue weighted by Gasteiger charge is 2.17. The Morgan fingerprint density at radius 2 is 1.95 bits per heavy atom. The molecule has 0 aliphatic rings. The van der Waals surface area contributed by atoms with Crippen LogP contribution in [0.5, 0.6) is 0 Å². The maximum atomic E-state index is 11.8. The molecule has 0 saturated heterocycles.